The second-order valence-corrected chi connectivity index (χ2v) is 11.6. The van der Waals surface area contributed by atoms with Crippen molar-refractivity contribution in [3.05, 3.63) is 185 Å². The van der Waals surface area contributed by atoms with Gasteiger partial charge in [0.1, 0.15) is 0 Å². The van der Waals surface area contributed by atoms with Crippen LogP contribution < -0.4 is 0 Å². The smallest absolute Gasteiger partial charge is 0.205 e. The Hall–Kier alpha value is -5.52. The molecule has 0 amide bonds. The van der Waals surface area contributed by atoms with Gasteiger partial charge in [-0.25, -0.2) is 0 Å². The SMILES string of the molecule is Clc1cccc(Cn2c3ccccc3c3cc(-c4nnn(C(c5ccccc5)(c5ccccc5)c5ccccc5)n4)ccc32)c1. The molecule has 45 heavy (non-hydrogen) atoms. The van der Waals surface area contributed by atoms with Gasteiger partial charge >= 0.3 is 0 Å². The average molecular weight is 602 g/mol. The summed E-state index contributed by atoms with van der Waals surface area (Å²) in [5, 5.41) is 17.6. The van der Waals surface area contributed by atoms with Crippen LogP contribution in [0.2, 0.25) is 5.02 Å². The van der Waals surface area contributed by atoms with Crippen molar-refractivity contribution in [1.29, 1.82) is 0 Å². The minimum absolute atomic E-state index is 0.566. The number of hydrogen-bond donors (Lipinski definition) is 0. The Bertz CT molecular complexity index is 2160. The van der Waals surface area contributed by atoms with E-state index in [1.807, 2.05) is 36.4 Å². The largest absolute Gasteiger partial charge is 0.336 e. The van der Waals surface area contributed by atoms with Crippen LogP contribution in [-0.4, -0.2) is 24.8 Å². The second kappa shape index (κ2) is 11.2. The first-order valence-electron chi connectivity index (χ1n) is 14.9. The highest BCUT2D eigenvalue weighted by Gasteiger charge is 2.41. The monoisotopic (exact) mass is 601 g/mol. The number of benzene rings is 6. The van der Waals surface area contributed by atoms with Gasteiger partial charge < -0.3 is 4.57 Å². The van der Waals surface area contributed by atoms with Crippen LogP contribution in [0.15, 0.2) is 158 Å². The second-order valence-electron chi connectivity index (χ2n) is 11.2. The zero-order valence-corrected chi connectivity index (χ0v) is 25.1. The Kier molecular flexibility index (Phi) is 6.73. The van der Waals surface area contributed by atoms with Gasteiger partial charge in [-0.05, 0) is 63.9 Å². The Balaban J connectivity index is 1.30. The van der Waals surface area contributed by atoms with Crippen molar-refractivity contribution in [2.24, 2.45) is 0 Å². The molecule has 5 nitrogen and oxygen atoms in total. The fraction of sp³-hybridized carbons (Fsp3) is 0.0513. The summed E-state index contributed by atoms with van der Waals surface area (Å²) in [6.45, 7) is 0.714. The van der Waals surface area contributed by atoms with Crippen molar-refractivity contribution >= 4 is 33.4 Å². The summed E-state index contributed by atoms with van der Waals surface area (Å²) in [5.74, 6) is 0.566. The molecule has 0 spiro atoms. The average Bonchev–Trinajstić information content (AvgIpc) is 3.71. The predicted octanol–water partition coefficient (Wildman–Crippen LogP) is 8.99. The third kappa shape index (κ3) is 4.60. The minimum atomic E-state index is -0.827. The lowest BCUT2D eigenvalue weighted by molar-refractivity contribution is 0.396. The van der Waals surface area contributed by atoms with Crippen LogP contribution in [-0.2, 0) is 12.1 Å². The van der Waals surface area contributed by atoms with Gasteiger partial charge in [0.15, 0.2) is 5.54 Å². The quantitative estimate of drug-likeness (QED) is 0.171. The summed E-state index contributed by atoms with van der Waals surface area (Å²) >= 11 is 6.33. The van der Waals surface area contributed by atoms with Crippen molar-refractivity contribution in [3.63, 3.8) is 0 Å². The molecule has 0 radical (unpaired) electrons. The number of halogens is 1. The summed E-state index contributed by atoms with van der Waals surface area (Å²) < 4.78 is 2.34. The van der Waals surface area contributed by atoms with Gasteiger partial charge in [0.25, 0.3) is 0 Å². The number of nitrogens with zero attached hydrogens (tertiary/aromatic N) is 5. The molecule has 6 heteroatoms. The Morgan fingerprint density at radius 2 is 1.16 bits per heavy atom. The molecule has 0 atom stereocenters. The molecular weight excluding hydrogens is 574 g/mol. The van der Waals surface area contributed by atoms with Crippen LogP contribution >= 0.6 is 11.6 Å². The van der Waals surface area contributed by atoms with E-state index in [0.29, 0.717) is 12.4 Å². The van der Waals surface area contributed by atoms with Gasteiger partial charge in [0, 0.05) is 38.9 Å². The predicted molar refractivity (Wildman–Crippen MR) is 181 cm³/mol. The van der Waals surface area contributed by atoms with Gasteiger partial charge in [-0.2, -0.15) is 0 Å². The third-order valence-corrected chi connectivity index (χ3v) is 8.78. The number of aromatic nitrogens is 5. The number of rotatable bonds is 7. The molecule has 6 aromatic carbocycles. The van der Waals surface area contributed by atoms with Gasteiger partial charge in [0.2, 0.25) is 5.82 Å². The highest BCUT2D eigenvalue weighted by Crippen LogP contribution is 2.40. The highest BCUT2D eigenvalue weighted by molar-refractivity contribution is 6.30. The van der Waals surface area contributed by atoms with E-state index in [4.69, 9.17) is 21.9 Å². The standard InChI is InChI=1S/C39H28ClN5/c40-33-20-12-13-28(25-33)27-44-36-22-11-10-21-34(36)35-26-29(23-24-37(35)44)38-41-43-45(42-38)39(30-14-4-1-5-15-30,31-16-6-2-7-17-31)32-18-8-3-9-19-32/h1-26H,27H2. The van der Waals surface area contributed by atoms with Crippen LogP contribution in [0.3, 0.4) is 0 Å². The fourth-order valence-electron chi connectivity index (χ4n) is 6.54. The van der Waals surface area contributed by atoms with E-state index in [9.17, 15) is 0 Å². The van der Waals surface area contributed by atoms with Crippen molar-refractivity contribution in [3.8, 4) is 11.4 Å². The fourth-order valence-corrected chi connectivity index (χ4v) is 6.75. The molecule has 0 N–H and O–H groups in total. The normalized spacial score (nSPS) is 11.8. The van der Waals surface area contributed by atoms with E-state index in [1.54, 1.807) is 4.80 Å². The minimum Gasteiger partial charge on any atom is -0.336 e. The summed E-state index contributed by atoms with van der Waals surface area (Å²) in [6.07, 6.45) is 0. The van der Waals surface area contributed by atoms with E-state index in [1.165, 1.54) is 5.39 Å². The molecule has 0 aliphatic carbocycles. The maximum atomic E-state index is 6.33. The number of para-hydroxylation sites is 1. The van der Waals surface area contributed by atoms with Crippen molar-refractivity contribution in [2.45, 2.75) is 12.1 Å². The molecule has 0 fully saturated rings. The Morgan fingerprint density at radius 1 is 0.556 bits per heavy atom. The molecular formula is C39H28ClN5. The first-order valence-corrected chi connectivity index (χ1v) is 15.3. The topological polar surface area (TPSA) is 48.5 Å². The molecule has 0 saturated heterocycles. The maximum absolute atomic E-state index is 6.33. The van der Waals surface area contributed by atoms with Gasteiger partial charge in [-0.3, -0.25) is 0 Å². The summed E-state index contributed by atoms with van der Waals surface area (Å²) in [4.78, 5) is 1.77. The lowest BCUT2D eigenvalue weighted by atomic mass is 9.77. The first-order chi connectivity index (χ1) is 22.2. The number of hydrogen-bond acceptors (Lipinski definition) is 3. The Morgan fingerprint density at radius 3 is 1.80 bits per heavy atom. The van der Waals surface area contributed by atoms with E-state index in [0.717, 1.165) is 49.3 Å². The first kappa shape index (κ1) is 27.1. The molecule has 2 heterocycles. The van der Waals surface area contributed by atoms with Crippen molar-refractivity contribution in [2.75, 3.05) is 0 Å². The van der Waals surface area contributed by atoms with Gasteiger partial charge in [-0.15, -0.1) is 15.0 Å². The van der Waals surface area contributed by atoms with Crippen LogP contribution in [0.1, 0.15) is 22.3 Å². The molecule has 2 aromatic heterocycles. The summed E-state index contributed by atoms with van der Waals surface area (Å²) in [5.41, 5.74) is 6.67. The van der Waals surface area contributed by atoms with Gasteiger partial charge in [0.05, 0.1) is 0 Å². The molecule has 8 rings (SSSR count). The molecule has 0 bridgehead atoms. The van der Waals surface area contributed by atoms with Crippen molar-refractivity contribution in [1.82, 2.24) is 24.8 Å². The van der Waals surface area contributed by atoms with Crippen LogP contribution in [0.5, 0.6) is 0 Å². The van der Waals surface area contributed by atoms with Gasteiger partial charge in [-0.1, -0.05) is 133 Å². The van der Waals surface area contributed by atoms with E-state index < -0.39 is 5.54 Å². The lowest BCUT2D eigenvalue weighted by Gasteiger charge is -2.34. The van der Waals surface area contributed by atoms with E-state index >= 15 is 0 Å². The molecule has 216 valence electrons. The molecule has 0 unspecified atom stereocenters. The van der Waals surface area contributed by atoms with E-state index in [-0.39, 0.29) is 0 Å². The van der Waals surface area contributed by atoms with Crippen molar-refractivity contribution < 1.29 is 0 Å². The molecule has 0 aliphatic rings. The highest BCUT2D eigenvalue weighted by atomic mass is 35.5. The zero-order valence-electron chi connectivity index (χ0n) is 24.3. The van der Waals surface area contributed by atoms with Crippen LogP contribution in [0.4, 0.5) is 0 Å². The summed E-state index contributed by atoms with van der Waals surface area (Å²) in [7, 11) is 0. The lowest BCUT2D eigenvalue weighted by Crippen LogP contribution is -2.39. The molecule has 0 aliphatic heterocycles. The third-order valence-electron chi connectivity index (χ3n) is 8.55. The van der Waals surface area contributed by atoms with E-state index in [2.05, 4.69) is 131 Å². The zero-order chi connectivity index (χ0) is 30.2. The summed E-state index contributed by atoms with van der Waals surface area (Å²) in [6, 6.07) is 54.2. The molecule has 0 saturated carbocycles. The maximum Gasteiger partial charge on any atom is 0.205 e. The number of tetrazole rings is 1. The van der Waals surface area contributed by atoms with Crippen LogP contribution in [0, 0.1) is 0 Å². The number of fused-ring (bicyclic) bond motifs is 3. The molecule has 8 aromatic rings. The Labute approximate surface area is 266 Å². The van der Waals surface area contributed by atoms with Crippen LogP contribution in [0.25, 0.3) is 33.2 Å².